The van der Waals surface area contributed by atoms with Crippen LogP contribution in [0.5, 0.6) is 0 Å². The zero-order valence-corrected chi connectivity index (χ0v) is 22.6. The minimum absolute atomic E-state index is 0.0501. The Morgan fingerprint density at radius 2 is 1.51 bits per heavy atom. The number of hydrogen-bond acceptors (Lipinski definition) is 4. The summed E-state index contributed by atoms with van der Waals surface area (Å²) in [7, 11) is -4.06. The highest BCUT2D eigenvalue weighted by atomic mass is 32.2. The van der Waals surface area contributed by atoms with Gasteiger partial charge in [-0.05, 0) is 62.6 Å². The fraction of sp³-hybridized carbons (Fsp3) is 0.310. The zero-order valence-electron chi connectivity index (χ0n) is 21.8. The highest BCUT2D eigenvalue weighted by Crippen LogP contribution is 2.25. The molecule has 0 unspecified atom stereocenters. The smallest absolute Gasteiger partial charge is 0.264 e. The van der Waals surface area contributed by atoms with Crippen molar-refractivity contribution in [1.82, 2.24) is 10.2 Å². The van der Waals surface area contributed by atoms with Crippen molar-refractivity contribution in [2.45, 2.75) is 57.6 Å². The fourth-order valence-corrected chi connectivity index (χ4v) is 5.29. The summed E-state index contributed by atoms with van der Waals surface area (Å²) >= 11 is 0. The van der Waals surface area contributed by atoms with Gasteiger partial charge < -0.3 is 10.2 Å². The maximum atomic E-state index is 13.8. The summed E-state index contributed by atoms with van der Waals surface area (Å²) in [6.45, 7) is 7.12. The van der Waals surface area contributed by atoms with Gasteiger partial charge in [-0.25, -0.2) is 8.42 Å². The molecule has 0 radical (unpaired) electrons. The fourth-order valence-electron chi connectivity index (χ4n) is 3.86. The first-order valence-corrected chi connectivity index (χ1v) is 13.9. The van der Waals surface area contributed by atoms with Gasteiger partial charge in [-0.15, -0.1) is 0 Å². The molecule has 0 spiro atoms. The number of aryl methyl sites for hydroxylation is 1. The van der Waals surface area contributed by atoms with Gasteiger partial charge in [-0.1, -0.05) is 67.6 Å². The molecule has 3 rings (SSSR count). The first-order chi connectivity index (χ1) is 17.6. The molecule has 0 aromatic heterocycles. The molecule has 37 heavy (non-hydrogen) atoms. The van der Waals surface area contributed by atoms with E-state index >= 15 is 0 Å². The van der Waals surface area contributed by atoms with Crippen LogP contribution < -0.4 is 9.62 Å². The van der Waals surface area contributed by atoms with Gasteiger partial charge in [0.05, 0.1) is 10.6 Å². The molecule has 7 nitrogen and oxygen atoms in total. The lowest BCUT2D eigenvalue weighted by Crippen LogP contribution is -2.52. The van der Waals surface area contributed by atoms with Crippen LogP contribution in [0.1, 0.15) is 38.3 Å². The molecule has 0 bridgehead atoms. The summed E-state index contributed by atoms with van der Waals surface area (Å²) in [5, 5.41) is 2.93. The molecule has 1 N–H and O–H groups in total. The highest BCUT2D eigenvalue weighted by Gasteiger charge is 2.32. The normalized spacial score (nSPS) is 12.9. The van der Waals surface area contributed by atoms with E-state index in [2.05, 4.69) is 5.32 Å². The molecule has 2 amide bonds. The molecule has 0 saturated heterocycles. The number of anilines is 1. The number of nitrogens with zero attached hydrogens (tertiary/aromatic N) is 2. The van der Waals surface area contributed by atoms with E-state index in [1.807, 2.05) is 57.2 Å². The third kappa shape index (κ3) is 7.20. The van der Waals surface area contributed by atoms with Gasteiger partial charge in [0.2, 0.25) is 11.8 Å². The molecule has 0 aliphatic rings. The second kappa shape index (κ2) is 12.5. The maximum Gasteiger partial charge on any atom is 0.264 e. The van der Waals surface area contributed by atoms with Crippen molar-refractivity contribution >= 4 is 27.5 Å². The summed E-state index contributed by atoms with van der Waals surface area (Å²) < 4.78 is 28.6. The van der Waals surface area contributed by atoms with Crippen LogP contribution >= 0.6 is 0 Å². The minimum atomic E-state index is -4.06. The summed E-state index contributed by atoms with van der Waals surface area (Å²) in [5.74, 6) is -0.761. The molecule has 0 heterocycles. The maximum absolute atomic E-state index is 13.8. The second-order valence-electron chi connectivity index (χ2n) is 9.16. The number of amides is 2. The number of carbonyl (C=O) groups is 2. The number of sulfonamides is 1. The Labute approximate surface area is 220 Å². The first-order valence-electron chi connectivity index (χ1n) is 12.4. The molecule has 3 aromatic carbocycles. The second-order valence-corrected chi connectivity index (χ2v) is 11.0. The average Bonchev–Trinajstić information content (AvgIpc) is 2.90. The Hall–Kier alpha value is -3.65. The van der Waals surface area contributed by atoms with Crippen LogP contribution in [0.4, 0.5) is 5.69 Å². The standard InChI is InChI=1S/C29H35N3O4S/c1-5-23(3)30-29(34)24(4)31(20-25-14-8-6-9-15-25)28(33)21-32(26-16-12-13-22(2)19-26)37(35,36)27-17-10-7-11-18-27/h6-19,23-24H,5,20-21H2,1-4H3,(H,30,34)/t23-,24+/m1/s1. The molecule has 0 saturated carbocycles. The van der Waals surface area contributed by atoms with Gasteiger partial charge in [0.1, 0.15) is 12.6 Å². The Morgan fingerprint density at radius 3 is 2.11 bits per heavy atom. The number of nitrogens with one attached hydrogen (secondary N) is 1. The first kappa shape index (κ1) is 27.9. The van der Waals surface area contributed by atoms with Crippen LogP contribution in [0, 0.1) is 6.92 Å². The summed E-state index contributed by atoms with van der Waals surface area (Å²) in [5.41, 5.74) is 2.08. The predicted molar refractivity (Wildman–Crippen MR) is 147 cm³/mol. The molecule has 3 aromatic rings. The van der Waals surface area contributed by atoms with E-state index in [1.165, 1.54) is 17.0 Å². The van der Waals surface area contributed by atoms with E-state index in [4.69, 9.17) is 0 Å². The van der Waals surface area contributed by atoms with Crippen molar-refractivity contribution in [3.63, 3.8) is 0 Å². The van der Waals surface area contributed by atoms with Gasteiger partial charge in [0, 0.05) is 12.6 Å². The number of rotatable bonds is 11. The van der Waals surface area contributed by atoms with E-state index in [0.29, 0.717) is 5.69 Å². The molecular formula is C29H35N3O4S. The molecule has 196 valence electrons. The van der Waals surface area contributed by atoms with Crippen LogP contribution in [-0.4, -0.2) is 43.8 Å². The van der Waals surface area contributed by atoms with Crippen LogP contribution in [0.15, 0.2) is 89.8 Å². The summed E-state index contributed by atoms with van der Waals surface area (Å²) in [6.07, 6.45) is 0.752. The lowest BCUT2D eigenvalue weighted by atomic mass is 10.1. The Bertz CT molecular complexity index is 1300. The third-order valence-electron chi connectivity index (χ3n) is 6.26. The van der Waals surface area contributed by atoms with Crippen LogP contribution in [-0.2, 0) is 26.2 Å². The minimum Gasteiger partial charge on any atom is -0.352 e. The van der Waals surface area contributed by atoms with Gasteiger partial charge in [-0.3, -0.25) is 13.9 Å². The molecule has 0 aliphatic carbocycles. The van der Waals surface area contributed by atoms with Crippen molar-refractivity contribution < 1.29 is 18.0 Å². The summed E-state index contributed by atoms with van der Waals surface area (Å²) in [4.78, 5) is 28.4. The topological polar surface area (TPSA) is 86.8 Å². The summed E-state index contributed by atoms with van der Waals surface area (Å²) in [6, 6.07) is 23.5. The number of carbonyl (C=O) groups excluding carboxylic acids is 2. The quantitative estimate of drug-likeness (QED) is 0.402. The Balaban J connectivity index is 2.00. The molecule has 0 fully saturated rings. The van der Waals surface area contributed by atoms with Crippen LogP contribution in [0.2, 0.25) is 0 Å². The SMILES string of the molecule is CC[C@@H](C)NC(=O)[C@H](C)N(Cc1ccccc1)C(=O)CN(c1cccc(C)c1)S(=O)(=O)c1ccccc1. The van der Waals surface area contributed by atoms with Gasteiger partial charge in [-0.2, -0.15) is 0 Å². The number of hydrogen-bond donors (Lipinski definition) is 1. The molecule has 8 heteroatoms. The van der Waals surface area contributed by atoms with E-state index in [1.54, 1.807) is 43.3 Å². The van der Waals surface area contributed by atoms with Gasteiger partial charge >= 0.3 is 0 Å². The van der Waals surface area contributed by atoms with E-state index in [9.17, 15) is 18.0 Å². The predicted octanol–water partition coefficient (Wildman–Crippen LogP) is 4.52. The lowest BCUT2D eigenvalue weighted by Gasteiger charge is -2.32. The monoisotopic (exact) mass is 521 g/mol. The third-order valence-corrected chi connectivity index (χ3v) is 8.05. The highest BCUT2D eigenvalue weighted by molar-refractivity contribution is 7.92. The van der Waals surface area contributed by atoms with E-state index < -0.39 is 28.5 Å². The van der Waals surface area contributed by atoms with Crippen LogP contribution in [0.25, 0.3) is 0 Å². The lowest BCUT2D eigenvalue weighted by molar-refractivity contribution is -0.139. The molecule has 2 atom stereocenters. The Kier molecular flexibility index (Phi) is 9.47. The van der Waals surface area contributed by atoms with E-state index in [-0.39, 0.29) is 23.4 Å². The Morgan fingerprint density at radius 1 is 0.892 bits per heavy atom. The van der Waals surface area contributed by atoms with Crippen molar-refractivity contribution in [2.24, 2.45) is 0 Å². The van der Waals surface area contributed by atoms with Crippen molar-refractivity contribution in [1.29, 1.82) is 0 Å². The van der Waals surface area contributed by atoms with Crippen molar-refractivity contribution in [3.05, 3.63) is 96.1 Å². The zero-order chi connectivity index (χ0) is 27.0. The number of benzene rings is 3. The largest absolute Gasteiger partial charge is 0.352 e. The van der Waals surface area contributed by atoms with Gasteiger partial charge in [0.15, 0.2) is 0 Å². The average molecular weight is 522 g/mol. The van der Waals surface area contributed by atoms with E-state index in [0.717, 1.165) is 21.9 Å². The molecular weight excluding hydrogens is 486 g/mol. The van der Waals surface area contributed by atoms with Crippen molar-refractivity contribution in [2.75, 3.05) is 10.8 Å². The van der Waals surface area contributed by atoms with Crippen LogP contribution in [0.3, 0.4) is 0 Å². The molecule has 0 aliphatic heterocycles. The van der Waals surface area contributed by atoms with Crippen molar-refractivity contribution in [3.8, 4) is 0 Å². The van der Waals surface area contributed by atoms with Gasteiger partial charge in [0.25, 0.3) is 10.0 Å².